The molecule has 0 saturated heterocycles. The molecule has 0 saturated carbocycles. The van der Waals surface area contributed by atoms with Crippen LogP contribution in [-0.4, -0.2) is 47.7 Å². The van der Waals surface area contributed by atoms with Crippen molar-refractivity contribution >= 4 is 27.0 Å². The first-order valence-corrected chi connectivity index (χ1v) is 10.8. The van der Waals surface area contributed by atoms with Gasteiger partial charge in [-0.25, -0.2) is 17.4 Å². The largest absolute Gasteiger partial charge is 0.352 e. The first-order valence-electron chi connectivity index (χ1n) is 9.35. The summed E-state index contributed by atoms with van der Waals surface area (Å²) in [6, 6.07) is 12.8. The van der Waals surface area contributed by atoms with Gasteiger partial charge in [0, 0.05) is 33.6 Å². The van der Waals surface area contributed by atoms with Crippen molar-refractivity contribution in [2.45, 2.75) is 37.8 Å². The summed E-state index contributed by atoms with van der Waals surface area (Å²) in [6.07, 6.45) is 0.982. The zero-order valence-corrected chi connectivity index (χ0v) is 17.6. The molecule has 1 amide bonds. The molecule has 0 fully saturated rings. The maximum Gasteiger partial charge on any atom is 0.242 e. The number of carbonyl (C=O) groups excluding carboxylic acids is 1. The fourth-order valence-electron chi connectivity index (χ4n) is 2.99. The van der Waals surface area contributed by atoms with Crippen LogP contribution in [0.2, 0.25) is 0 Å². The van der Waals surface area contributed by atoms with Crippen LogP contribution in [0.15, 0.2) is 47.4 Å². The summed E-state index contributed by atoms with van der Waals surface area (Å²) in [7, 11) is -0.543. The number of nitrogens with zero attached hydrogens (tertiary/aromatic N) is 4. The minimum absolute atomic E-state index is 0.0183. The molecule has 9 heteroatoms. The van der Waals surface area contributed by atoms with E-state index in [2.05, 4.69) is 15.6 Å². The topological polar surface area (TPSA) is 97.2 Å². The van der Waals surface area contributed by atoms with Gasteiger partial charge in [0.15, 0.2) is 0 Å². The van der Waals surface area contributed by atoms with Crippen LogP contribution in [0, 0.1) is 6.92 Å². The van der Waals surface area contributed by atoms with E-state index >= 15 is 0 Å². The maximum atomic E-state index is 12.2. The molecule has 0 spiro atoms. The number of rotatable bonds is 8. The Morgan fingerprint density at radius 1 is 1.17 bits per heavy atom. The van der Waals surface area contributed by atoms with E-state index in [4.69, 9.17) is 0 Å². The van der Waals surface area contributed by atoms with Gasteiger partial charge in [-0.15, -0.1) is 5.10 Å². The fraction of sp³-hybridized carbons (Fsp3) is 0.350. The maximum absolute atomic E-state index is 12.2. The van der Waals surface area contributed by atoms with Gasteiger partial charge in [-0.3, -0.25) is 4.79 Å². The Labute approximate surface area is 170 Å². The molecule has 1 N–H and O–H groups in total. The SMILES string of the molecule is Cc1cccc(CNC(=O)CCCn2nnc3cc(S(=O)(=O)N(C)C)ccc32)c1. The van der Waals surface area contributed by atoms with Crippen LogP contribution in [0.1, 0.15) is 24.0 Å². The van der Waals surface area contributed by atoms with Crippen LogP contribution in [-0.2, 0) is 27.9 Å². The van der Waals surface area contributed by atoms with E-state index in [0.29, 0.717) is 31.4 Å². The molecule has 0 radical (unpaired) electrons. The minimum atomic E-state index is -3.52. The number of sulfonamides is 1. The second-order valence-electron chi connectivity index (χ2n) is 7.12. The average molecular weight is 416 g/mol. The summed E-state index contributed by atoms with van der Waals surface area (Å²) in [5.74, 6) is -0.0183. The number of fused-ring (bicyclic) bond motifs is 1. The van der Waals surface area contributed by atoms with Gasteiger partial charge < -0.3 is 5.32 Å². The summed E-state index contributed by atoms with van der Waals surface area (Å²) in [5.41, 5.74) is 3.49. The van der Waals surface area contributed by atoms with E-state index in [9.17, 15) is 13.2 Å². The quantitative estimate of drug-likeness (QED) is 0.608. The molecule has 0 aliphatic carbocycles. The molecule has 0 bridgehead atoms. The Morgan fingerprint density at radius 3 is 2.69 bits per heavy atom. The third-order valence-electron chi connectivity index (χ3n) is 4.61. The number of hydrogen-bond donors (Lipinski definition) is 1. The van der Waals surface area contributed by atoms with Gasteiger partial charge in [0.1, 0.15) is 5.52 Å². The molecule has 1 heterocycles. The highest BCUT2D eigenvalue weighted by Gasteiger charge is 2.18. The van der Waals surface area contributed by atoms with Crippen molar-refractivity contribution in [1.82, 2.24) is 24.6 Å². The molecule has 3 aromatic rings. The first kappa shape index (κ1) is 20.9. The average Bonchev–Trinajstić information content (AvgIpc) is 3.08. The van der Waals surface area contributed by atoms with Crippen molar-refractivity contribution in [3.63, 3.8) is 0 Å². The summed E-state index contributed by atoms with van der Waals surface area (Å²) >= 11 is 0. The van der Waals surface area contributed by atoms with Crippen molar-refractivity contribution in [3.05, 3.63) is 53.6 Å². The molecule has 0 unspecified atom stereocenters. The van der Waals surface area contributed by atoms with Crippen LogP contribution in [0.5, 0.6) is 0 Å². The number of nitrogens with one attached hydrogen (secondary N) is 1. The molecule has 3 rings (SSSR count). The molecule has 0 aliphatic rings. The molecule has 1 aromatic heterocycles. The van der Waals surface area contributed by atoms with Gasteiger partial charge in [0.2, 0.25) is 15.9 Å². The smallest absolute Gasteiger partial charge is 0.242 e. The van der Waals surface area contributed by atoms with Crippen LogP contribution in [0.4, 0.5) is 0 Å². The minimum Gasteiger partial charge on any atom is -0.352 e. The number of aromatic nitrogens is 3. The van der Waals surface area contributed by atoms with E-state index in [1.54, 1.807) is 16.8 Å². The first-order chi connectivity index (χ1) is 13.8. The van der Waals surface area contributed by atoms with Gasteiger partial charge in [-0.05, 0) is 37.1 Å². The molecule has 29 heavy (non-hydrogen) atoms. The number of aryl methyl sites for hydroxylation is 2. The lowest BCUT2D eigenvalue weighted by molar-refractivity contribution is -0.121. The Balaban J connectivity index is 1.56. The number of amides is 1. The highest BCUT2D eigenvalue weighted by Crippen LogP contribution is 2.19. The monoisotopic (exact) mass is 415 g/mol. The lowest BCUT2D eigenvalue weighted by Gasteiger charge is -2.11. The molecule has 0 aliphatic heterocycles. The molecule has 154 valence electrons. The van der Waals surface area contributed by atoms with E-state index in [1.807, 2.05) is 31.2 Å². The lowest BCUT2D eigenvalue weighted by atomic mass is 10.1. The van der Waals surface area contributed by atoms with Crippen LogP contribution in [0.3, 0.4) is 0 Å². The number of hydrogen-bond acceptors (Lipinski definition) is 5. The predicted octanol–water partition coefficient (Wildman–Crippen LogP) is 2.09. The molecular weight excluding hydrogens is 390 g/mol. The van der Waals surface area contributed by atoms with Gasteiger partial charge in [0.05, 0.1) is 10.4 Å². The van der Waals surface area contributed by atoms with Crippen molar-refractivity contribution in [3.8, 4) is 0 Å². The Bertz CT molecular complexity index is 1120. The van der Waals surface area contributed by atoms with Crippen LogP contribution >= 0.6 is 0 Å². The molecule has 2 aromatic carbocycles. The van der Waals surface area contributed by atoms with E-state index in [1.165, 1.54) is 20.2 Å². The fourth-order valence-corrected chi connectivity index (χ4v) is 3.91. The normalized spacial score (nSPS) is 11.9. The van der Waals surface area contributed by atoms with Crippen LogP contribution < -0.4 is 5.32 Å². The molecular formula is C20H25N5O3S. The van der Waals surface area contributed by atoms with E-state index in [0.717, 1.165) is 20.9 Å². The third-order valence-corrected chi connectivity index (χ3v) is 6.42. The number of carbonyl (C=O) groups is 1. The second-order valence-corrected chi connectivity index (χ2v) is 9.27. The molecule has 8 nitrogen and oxygen atoms in total. The Morgan fingerprint density at radius 2 is 1.97 bits per heavy atom. The van der Waals surface area contributed by atoms with Crippen molar-refractivity contribution in [2.24, 2.45) is 0 Å². The molecule has 0 atom stereocenters. The predicted molar refractivity (Wildman–Crippen MR) is 111 cm³/mol. The van der Waals surface area contributed by atoms with Gasteiger partial charge in [-0.1, -0.05) is 35.0 Å². The highest BCUT2D eigenvalue weighted by atomic mass is 32.2. The Kier molecular flexibility index (Phi) is 6.29. The summed E-state index contributed by atoms with van der Waals surface area (Å²) in [6.45, 7) is 3.05. The summed E-state index contributed by atoms with van der Waals surface area (Å²) in [5, 5.41) is 11.1. The summed E-state index contributed by atoms with van der Waals surface area (Å²) in [4.78, 5) is 12.3. The standard InChI is InChI=1S/C20H25N5O3S/c1-15-6-4-7-16(12-15)14-21-20(26)8-5-11-25-19-10-9-17(13-18(19)22-23-25)29(27,28)24(2)3/h4,6-7,9-10,12-13H,5,8,11,14H2,1-3H3,(H,21,26). The highest BCUT2D eigenvalue weighted by molar-refractivity contribution is 7.89. The zero-order chi connectivity index (χ0) is 21.0. The second kappa shape index (κ2) is 8.71. The van der Waals surface area contributed by atoms with Gasteiger partial charge in [0.25, 0.3) is 0 Å². The zero-order valence-electron chi connectivity index (χ0n) is 16.8. The van der Waals surface area contributed by atoms with Gasteiger partial charge >= 0.3 is 0 Å². The Hall–Kier alpha value is -2.78. The van der Waals surface area contributed by atoms with Crippen LogP contribution in [0.25, 0.3) is 11.0 Å². The van der Waals surface area contributed by atoms with E-state index in [-0.39, 0.29) is 10.8 Å². The third kappa shape index (κ3) is 4.99. The van der Waals surface area contributed by atoms with Crippen molar-refractivity contribution < 1.29 is 13.2 Å². The van der Waals surface area contributed by atoms with Crippen molar-refractivity contribution in [1.29, 1.82) is 0 Å². The summed E-state index contributed by atoms with van der Waals surface area (Å²) < 4.78 is 27.3. The van der Waals surface area contributed by atoms with Gasteiger partial charge in [-0.2, -0.15) is 0 Å². The lowest BCUT2D eigenvalue weighted by Crippen LogP contribution is -2.22. The number of benzene rings is 2. The van der Waals surface area contributed by atoms with E-state index < -0.39 is 10.0 Å². The van der Waals surface area contributed by atoms with Crippen molar-refractivity contribution in [2.75, 3.05) is 14.1 Å².